The molecule has 2 unspecified atom stereocenters. The third-order valence-electron chi connectivity index (χ3n) is 4.71. The van der Waals surface area contributed by atoms with Crippen molar-refractivity contribution in [1.29, 1.82) is 0 Å². The molecule has 4 nitrogen and oxygen atoms in total. The maximum absolute atomic E-state index is 11.8. The molecule has 1 amide bonds. The Labute approximate surface area is 116 Å². The second-order valence-corrected chi connectivity index (χ2v) is 6.17. The van der Waals surface area contributed by atoms with E-state index in [1.54, 1.807) is 0 Å². The molecular formula is C15H28N2O2. The van der Waals surface area contributed by atoms with Crippen LogP contribution in [0.4, 0.5) is 0 Å². The first kappa shape index (κ1) is 14.8. The number of carbonyl (C=O) groups is 1. The monoisotopic (exact) mass is 268 g/mol. The average Bonchev–Trinajstić information content (AvgIpc) is 2.92. The van der Waals surface area contributed by atoms with Gasteiger partial charge >= 0.3 is 0 Å². The number of aliphatic hydroxyl groups is 1. The molecule has 3 N–H and O–H groups in total. The van der Waals surface area contributed by atoms with Crippen molar-refractivity contribution in [2.24, 2.45) is 11.8 Å². The van der Waals surface area contributed by atoms with Crippen LogP contribution in [0.5, 0.6) is 0 Å². The van der Waals surface area contributed by atoms with Crippen molar-refractivity contribution in [2.75, 3.05) is 19.7 Å². The fourth-order valence-corrected chi connectivity index (χ4v) is 3.51. The van der Waals surface area contributed by atoms with Gasteiger partial charge in [0.05, 0.1) is 6.54 Å². The second kappa shape index (κ2) is 7.85. The van der Waals surface area contributed by atoms with E-state index in [2.05, 4.69) is 10.6 Å². The highest BCUT2D eigenvalue weighted by molar-refractivity contribution is 5.78. The zero-order valence-corrected chi connectivity index (χ0v) is 11.9. The number of hydrogen-bond donors (Lipinski definition) is 3. The summed E-state index contributed by atoms with van der Waals surface area (Å²) in [7, 11) is 0. The van der Waals surface area contributed by atoms with Crippen LogP contribution in [0.25, 0.3) is 0 Å². The number of amides is 1. The van der Waals surface area contributed by atoms with E-state index in [1.807, 2.05) is 0 Å². The van der Waals surface area contributed by atoms with E-state index >= 15 is 0 Å². The summed E-state index contributed by atoms with van der Waals surface area (Å²) in [4.78, 5) is 11.8. The predicted molar refractivity (Wildman–Crippen MR) is 75.8 cm³/mol. The summed E-state index contributed by atoms with van der Waals surface area (Å²) in [5.41, 5.74) is 0. The summed E-state index contributed by atoms with van der Waals surface area (Å²) in [6, 6.07) is 0.411. The van der Waals surface area contributed by atoms with E-state index in [0.717, 1.165) is 25.8 Å². The molecule has 0 aromatic heterocycles. The van der Waals surface area contributed by atoms with Crippen LogP contribution in [-0.4, -0.2) is 36.8 Å². The van der Waals surface area contributed by atoms with Crippen molar-refractivity contribution < 1.29 is 9.90 Å². The van der Waals surface area contributed by atoms with Gasteiger partial charge in [-0.05, 0) is 44.1 Å². The van der Waals surface area contributed by atoms with E-state index in [1.165, 1.54) is 32.1 Å². The molecule has 0 aromatic rings. The van der Waals surface area contributed by atoms with Gasteiger partial charge in [0.1, 0.15) is 0 Å². The zero-order chi connectivity index (χ0) is 13.5. The molecule has 0 heterocycles. The highest BCUT2D eigenvalue weighted by Crippen LogP contribution is 2.28. The van der Waals surface area contributed by atoms with Crippen LogP contribution in [-0.2, 0) is 4.79 Å². The average molecular weight is 268 g/mol. The highest BCUT2D eigenvalue weighted by atomic mass is 16.3. The van der Waals surface area contributed by atoms with Crippen molar-refractivity contribution in [3.05, 3.63) is 0 Å². The molecule has 0 radical (unpaired) electrons. The molecule has 2 fully saturated rings. The molecule has 4 heteroatoms. The molecule has 0 aliphatic heterocycles. The second-order valence-electron chi connectivity index (χ2n) is 6.17. The van der Waals surface area contributed by atoms with Crippen molar-refractivity contribution in [2.45, 2.75) is 57.4 Å². The van der Waals surface area contributed by atoms with Gasteiger partial charge in [-0.1, -0.05) is 25.7 Å². The number of hydrogen-bond acceptors (Lipinski definition) is 3. The number of nitrogens with one attached hydrogen (secondary N) is 2. The quantitative estimate of drug-likeness (QED) is 0.683. The van der Waals surface area contributed by atoms with Gasteiger partial charge in [0, 0.05) is 12.6 Å². The first-order chi connectivity index (χ1) is 9.29. The summed E-state index contributed by atoms with van der Waals surface area (Å²) in [5, 5.41) is 15.7. The molecular weight excluding hydrogens is 240 g/mol. The SMILES string of the molecule is O=C(CNCC1CCCCC1CO)NC1CCCC1. The molecule has 2 aliphatic rings. The Morgan fingerprint density at radius 1 is 1.00 bits per heavy atom. The Bertz CT molecular complexity index is 277. The summed E-state index contributed by atoms with van der Waals surface area (Å²) in [6.07, 6.45) is 9.60. The molecule has 0 aromatic carbocycles. The van der Waals surface area contributed by atoms with Crippen LogP contribution in [0.1, 0.15) is 51.4 Å². The summed E-state index contributed by atoms with van der Waals surface area (Å²) in [5.74, 6) is 1.10. The molecule has 110 valence electrons. The normalized spacial score (nSPS) is 28.5. The maximum atomic E-state index is 11.8. The minimum Gasteiger partial charge on any atom is -0.396 e. The smallest absolute Gasteiger partial charge is 0.234 e. The van der Waals surface area contributed by atoms with Gasteiger partial charge in [0.2, 0.25) is 5.91 Å². The largest absolute Gasteiger partial charge is 0.396 e. The van der Waals surface area contributed by atoms with E-state index in [4.69, 9.17) is 0 Å². The lowest BCUT2D eigenvalue weighted by Gasteiger charge is -2.30. The molecule has 2 rings (SSSR count). The number of rotatable bonds is 6. The third kappa shape index (κ3) is 4.77. The predicted octanol–water partition coefficient (Wildman–Crippen LogP) is 1.43. The molecule has 0 spiro atoms. The summed E-state index contributed by atoms with van der Waals surface area (Å²) >= 11 is 0. The third-order valence-corrected chi connectivity index (χ3v) is 4.71. The van der Waals surface area contributed by atoms with Crippen LogP contribution in [0, 0.1) is 11.8 Å². The Morgan fingerprint density at radius 3 is 2.32 bits per heavy atom. The lowest BCUT2D eigenvalue weighted by atomic mass is 9.79. The molecule has 0 saturated heterocycles. The van der Waals surface area contributed by atoms with E-state index in [-0.39, 0.29) is 5.91 Å². The van der Waals surface area contributed by atoms with Crippen molar-refractivity contribution in [3.63, 3.8) is 0 Å². The van der Waals surface area contributed by atoms with Gasteiger partial charge < -0.3 is 15.7 Å². The number of aliphatic hydroxyl groups excluding tert-OH is 1. The molecule has 0 bridgehead atoms. The van der Waals surface area contributed by atoms with E-state index < -0.39 is 0 Å². The fraction of sp³-hybridized carbons (Fsp3) is 0.933. The maximum Gasteiger partial charge on any atom is 0.234 e. The molecule has 2 saturated carbocycles. The van der Waals surface area contributed by atoms with Gasteiger partial charge in [0.15, 0.2) is 0 Å². The first-order valence-corrected chi connectivity index (χ1v) is 7.90. The van der Waals surface area contributed by atoms with Crippen molar-refractivity contribution in [3.8, 4) is 0 Å². The summed E-state index contributed by atoms with van der Waals surface area (Å²) in [6.45, 7) is 1.58. The highest BCUT2D eigenvalue weighted by Gasteiger charge is 2.24. The lowest BCUT2D eigenvalue weighted by Crippen LogP contribution is -2.41. The lowest BCUT2D eigenvalue weighted by molar-refractivity contribution is -0.120. The van der Waals surface area contributed by atoms with E-state index in [9.17, 15) is 9.90 Å². The number of carbonyl (C=O) groups excluding carboxylic acids is 1. The van der Waals surface area contributed by atoms with Gasteiger partial charge in [-0.3, -0.25) is 4.79 Å². The minimum atomic E-state index is 0.128. The van der Waals surface area contributed by atoms with Crippen molar-refractivity contribution in [1.82, 2.24) is 10.6 Å². The van der Waals surface area contributed by atoms with Crippen LogP contribution in [0.2, 0.25) is 0 Å². The van der Waals surface area contributed by atoms with Crippen LogP contribution in [0.3, 0.4) is 0 Å². The summed E-state index contributed by atoms with van der Waals surface area (Å²) < 4.78 is 0. The Morgan fingerprint density at radius 2 is 1.63 bits per heavy atom. The molecule has 2 atom stereocenters. The van der Waals surface area contributed by atoms with Crippen molar-refractivity contribution >= 4 is 5.91 Å². The Hall–Kier alpha value is -0.610. The Kier molecular flexibility index (Phi) is 6.11. The zero-order valence-electron chi connectivity index (χ0n) is 11.9. The topological polar surface area (TPSA) is 61.4 Å². The van der Waals surface area contributed by atoms with Gasteiger partial charge in [-0.15, -0.1) is 0 Å². The Balaban J connectivity index is 1.60. The molecule has 2 aliphatic carbocycles. The minimum absolute atomic E-state index is 0.128. The molecule has 19 heavy (non-hydrogen) atoms. The van der Waals surface area contributed by atoms with Crippen LogP contribution in [0.15, 0.2) is 0 Å². The van der Waals surface area contributed by atoms with Gasteiger partial charge in [-0.2, -0.15) is 0 Å². The first-order valence-electron chi connectivity index (χ1n) is 7.90. The van der Waals surface area contributed by atoms with Gasteiger partial charge in [-0.25, -0.2) is 0 Å². The van der Waals surface area contributed by atoms with Crippen LogP contribution >= 0.6 is 0 Å². The van der Waals surface area contributed by atoms with Crippen LogP contribution < -0.4 is 10.6 Å². The standard InChI is InChI=1S/C15H28N2O2/c18-11-13-6-2-1-5-12(13)9-16-10-15(19)17-14-7-3-4-8-14/h12-14,16,18H,1-11H2,(H,17,19). The van der Waals surface area contributed by atoms with Gasteiger partial charge in [0.25, 0.3) is 0 Å². The fourth-order valence-electron chi connectivity index (χ4n) is 3.51. The van der Waals surface area contributed by atoms with E-state index in [0.29, 0.717) is 31.0 Å².